The van der Waals surface area contributed by atoms with E-state index in [-0.39, 0.29) is 23.6 Å². The van der Waals surface area contributed by atoms with Gasteiger partial charge in [-0.25, -0.2) is 0 Å². The molecule has 2 aromatic rings. The third-order valence-electron chi connectivity index (χ3n) is 5.35. The van der Waals surface area contributed by atoms with E-state index in [0.29, 0.717) is 19.5 Å². The number of carbonyl (C=O) groups is 4. The Hall–Kier alpha value is -3.33. The average Bonchev–Trinajstić information content (AvgIpc) is 2.89. The molecule has 2 rings (SSSR count). The van der Waals surface area contributed by atoms with E-state index in [1.54, 1.807) is 18.7 Å². The Morgan fingerprint density at radius 3 is 1.68 bits per heavy atom. The van der Waals surface area contributed by atoms with Gasteiger partial charge < -0.3 is 21.3 Å². The van der Waals surface area contributed by atoms with Crippen LogP contribution in [0.3, 0.4) is 0 Å². The topological polar surface area (TPSA) is 116 Å². The molecule has 0 radical (unpaired) electrons. The molecule has 0 saturated heterocycles. The maximum Gasteiger partial charge on any atom is 0.242 e. The van der Waals surface area contributed by atoms with Gasteiger partial charge in [-0.1, -0.05) is 81.4 Å². The zero-order valence-electron chi connectivity index (χ0n) is 23.3. The van der Waals surface area contributed by atoms with Crippen molar-refractivity contribution in [3.8, 4) is 0 Å². The molecule has 0 bridgehead atoms. The van der Waals surface area contributed by atoms with Crippen molar-refractivity contribution < 1.29 is 19.2 Å². The summed E-state index contributed by atoms with van der Waals surface area (Å²) in [6.07, 6.45) is 2.62. The second-order valence-electron chi connectivity index (χ2n) is 9.89. The van der Waals surface area contributed by atoms with E-state index in [1.165, 1.54) is 6.92 Å². The first-order valence-electron chi connectivity index (χ1n) is 12.6. The fraction of sp³-hybridized carbons (Fsp3) is 0.448. The van der Waals surface area contributed by atoms with Crippen LogP contribution in [-0.2, 0) is 32.3 Å². The standard InChI is InChI=1S/C15H22N2O2.C14H20N2O2S/c1-11(17-14(19)15(2,3)4)13(18)16-10-12-8-6-5-7-9-12;1-11(17)16-13(8-9-19-2)14(18)15-10-12-6-4-3-5-7-12/h5-9,11H,10H2,1-4H3,(H,16,18)(H,17,19);3-7,13H,8-10H2,1-2H3,(H,15,18)(H,16,17). The number of rotatable bonds is 11. The third-order valence-corrected chi connectivity index (χ3v) is 5.99. The van der Waals surface area contributed by atoms with Crippen LogP contribution in [0.4, 0.5) is 0 Å². The highest BCUT2D eigenvalue weighted by atomic mass is 32.2. The summed E-state index contributed by atoms with van der Waals surface area (Å²) < 4.78 is 0. The molecule has 0 fully saturated rings. The molecular formula is C29H42N4O4S. The van der Waals surface area contributed by atoms with Crippen molar-refractivity contribution in [1.82, 2.24) is 21.3 Å². The third kappa shape index (κ3) is 13.8. The summed E-state index contributed by atoms with van der Waals surface area (Å²) in [7, 11) is 0. The van der Waals surface area contributed by atoms with Crippen LogP contribution in [-0.4, -0.2) is 47.7 Å². The first kappa shape index (κ1) is 32.7. The summed E-state index contributed by atoms with van der Waals surface area (Å²) in [5, 5.41) is 11.0. The predicted molar refractivity (Wildman–Crippen MR) is 154 cm³/mol. The fourth-order valence-electron chi connectivity index (χ4n) is 3.07. The first-order chi connectivity index (χ1) is 17.9. The Labute approximate surface area is 231 Å². The van der Waals surface area contributed by atoms with E-state index in [4.69, 9.17) is 0 Å². The summed E-state index contributed by atoms with van der Waals surface area (Å²) in [6, 6.07) is 18.4. The molecule has 0 spiro atoms. The van der Waals surface area contributed by atoms with Crippen LogP contribution in [0.1, 0.15) is 52.2 Å². The largest absolute Gasteiger partial charge is 0.350 e. The number of amides is 4. The molecule has 0 aliphatic carbocycles. The molecule has 4 amide bonds. The van der Waals surface area contributed by atoms with Crippen LogP contribution >= 0.6 is 11.8 Å². The van der Waals surface area contributed by atoms with Crippen LogP contribution in [0.25, 0.3) is 0 Å². The lowest BCUT2D eigenvalue weighted by Crippen LogP contribution is -2.48. The number of hydrogen-bond acceptors (Lipinski definition) is 5. The molecule has 2 aromatic carbocycles. The van der Waals surface area contributed by atoms with Crippen molar-refractivity contribution in [3.63, 3.8) is 0 Å². The Morgan fingerprint density at radius 1 is 0.789 bits per heavy atom. The molecule has 0 aliphatic heterocycles. The second kappa shape index (κ2) is 17.2. The van der Waals surface area contributed by atoms with Crippen molar-refractivity contribution >= 4 is 35.4 Å². The molecule has 208 valence electrons. The summed E-state index contributed by atoms with van der Waals surface area (Å²) >= 11 is 1.66. The highest BCUT2D eigenvalue weighted by Gasteiger charge is 2.24. The van der Waals surface area contributed by atoms with Crippen molar-refractivity contribution in [2.24, 2.45) is 5.41 Å². The highest BCUT2D eigenvalue weighted by Crippen LogP contribution is 2.12. The zero-order valence-corrected chi connectivity index (χ0v) is 24.1. The Morgan fingerprint density at radius 2 is 1.26 bits per heavy atom. The molecule has 2 unspecified atom stereocenters. The monoisotopic (exact) mass is 542 g/mol. The summed E-state index contributed by atoms with van der Waals surface area (Å²) in [5.74, 6) is 0.217. The lowest BCUT2D eigenvalue weighted by atomic mass is 9.95. The van der Waals surface area contributed by atoms with E-state index in [1.807, 2.05) is 87.7 Å². The minimum Gasteiger partial charge on any atom is -0.350 e. The maximum atomic E-state index is 12.0. The van der Waals surface area contributed by atoms with Crippen molar-refractivity contribution in [1.29, 1.82) is 0 Å². The Kier molecular flexibility index (Phi) is 14.8. The normalized spacial score (nSPS) is 12.2. The minimum absolute atomic E-state index is 0.130. The lowest BCUT2D eigenvalue weighted by Gasteiger charge is -2.21. The smallest absolute Gasteiger partial charge is 0.242 e. The lowest BCUT2D eigenvalue weighted by molar-refractivity contribution is -0.133. The highest BCUT2D eigenvalue weighted by molar-refractivity contribution is 7.98. The number of benzene rings is 2. The zero-order chi connectivity index (χ0) is 28.6. The van der Waals surface area contributed by atoms with Gasteiger partial charge in [-0.3, -0.25) is 19.2 Å². The average molecular weight is 543 g/mol. The molecule has 0 aromatic heterocycles. The molecule has 0 heterocycles. The summed E-state index contributed by atoms with van der Waals surface area (Å²) in [5.41, 5.74) is 1.58. The van der Waals surface area contributed by atoms with Gasteiger partial charge in [0.05, 0.1) is 0 Å². The van der Waals surface area contributed by atoms with Gasteiger partial charge in [0.15, 0.2) is 0 Å². The fourth-order valence-corrected chi connectivity index (χ4v) is 3.55. The van der Waals surface area contributed by atoms with Gasteiger partial charge in [0, 0.05) is 25.4 Å². The molecule has 4 N–H and O–H groups in total. The van der Waals surface area contributed by atoms with E-state index < -0.39 is 17.5 Å². The van der Waals surface area contributed by atoms with E-state index in [9.17, 15) is 19.2 Å². The molecule has 2 atom stereocenters. The van der Waals surface area contributed by atoms with Gasteiger partial charge in [-0.15, -0.1) is 0 Å². The Balaban J connectivity index is 0.000000380. The van der Waals surface area contributed by atoms with Gasteiger partial charge in [-0.05, 0) is 36.5 Å². The van der Waals surface area contributed by atoms with Gasteiger partial charge in [-0.2, -0.15) is 11.8 Å². The molecule has 0 saturated carbocycles. The van der Waals surface area contributed by atoms with Crippen molar-refractivity contribution in [3.05, 3.63) is 71.8 Å². The predicted octanol–water partition coefficient (Wildman–Crippen LogP) is 3.41. The van der Waals surface area contributed by atoms with E-state index in [0.717, 1.165) is 16.9 Å². The van der Waals surface area contributed by atoms with Crippen LogP contribution in [0, 0.1) is 5.41 Å². The Bertz CT molecular complexity index is 1010. The van der Waals surface area contributed by atoms with Crippen molar-refractivity contribution in [2.45, 2.75) is 66.2 Å². The first-order valence-corrected chi connectivity index (χ1v) is 14.0. The molecular weight excluding hydrogens is 500 g/mol. The molecule has 8 nitrogen and oxygen atoms in total. The van der Waals surface area contributed by atoms with Gasteiger partial charge >= 0.3 is 0 Å². The van der Waals surface area contributed by atoms with Gasteiger partial charge in [0.1, 0.15) is 12.1 Å². The molecule has 0 aliphatic rings. The summed E-state index contributed by atoms with van der Waals surface area (Å²) in [4.78, 5) is 46.7. The van der Waals surface area contributed by atoms with Crippen LogP contribution in [0.5, 0.6) is 0 Å². The van der Waals surface area contributed by atoms with E-state index in [2.05, 4.69) is 21.3 Å². The summed E-state index contributed by atoms with van der Waals surface area (Å²) in [6.45, 7) is 9.51. The van der Waals surface area contributed by atoms with Crippen LogP contribution in [0.2, 0.25) is 0 Å². The number of hydrogen-bond donors (Lipinski definition) is 4. The van der Waals surface area contributed by atoms with Crippen LogP contribution in [0.15, 0.2) is 60.7 Å². The van der Waals surface area contributed by atoms with Crippen molar-refractivity contribution in [2.75, 3.05) is 12.0 Å². The minimum atomic E-state index is -0.532. The van der Waals surface area contributed by atoms with Gasteiger partial charge in [0.25, 0.3) is 0 Å². The van der Waals surface area contributed by atoms with Crippen LogP contribution < -0.4 is 21.3 Å². The van der Waals surface area contributed by atoms with Gasteiger partial charge in [0.2, 0.25) is 23.6 Å². The number of nitrogens with one attached hydrogen (secondary N) is 4. The second-order valence-corrected chi connectivity index (χ2v) is 10.9. The molecule has 9 heteroatoms. The number of thioether (sulfide) groups is 1. The number of carbonyl (C=O) groups excluding carboxylic acids is 4. The van der Waals surface area contributed by atoms with E-state index >= 15 is 0 Å². The SMILES string of the molecule is CC(NC(=O)C(C)(C)C)C(=O)NCc1ccccc1.CSCCC(NC(C)=O)C(=O)NCc1ccccc1. The maximum absolute atomic E-state index is 12.0. The quantitative estimate of drug-likeness (QED) is 0.347. The molecule has 38 heavy (non-hydrogen) atoms.